The Morgan fingerprint density at radius 3 is 2.44 bits per heavy atom. The molecule has 0 bridgehead atoms. The molecule has 0 saturated heterocycles. The van der Waals surface area contributed by atoms with E-state index in [-0.39, 0.29) is 15.6 Å². The number of carbonyl (C=O) groups is 1. The summed E-state index contributed by atoms with van der Waals surface area (Å²) < 4.78 is 22.9. The summed E-state index contributed by atoms with van der Waals surface area (Å²) in [5.41, 5.74) is 0.307. The molecule has 1 atom stereocenters. The highest BCUT2D eigenvalue weighted by Gasteiger charge is 2.16. The molecule has 0 aliphatic carbocycles. The zero-order valence-corrected chi connectivity index (χ0v) is 11.3. The Morgan fingerprint density at radius 2 is 1.94 bits per heavy atom. The third-order valence-electron chi connectivity index (χ3n) is 1.91. The number of benzene rings is 1. The van der Waals surface area contributed by atoms with Gasteiger partial charge in [-0.3, -0.25) is 4.79 Å². The molecular formula is C10H12BrNO3S. The van der Waals surface area contributed by atoms with Gasteiger partial charge in [-0.2, -0.15) is 0 Å². The van der Waals surface area contributed by atoms with Crippen LogP contribution in [0.1, 0.15) is 6.92 Å². The molecule has 1 aromatic rings. The van der Waals surface area contributed by atoms with E-state index in [0.717, 1.165) is 6.26 Å². The molecular weight excluding hydrogens is 294 g/mol. The first-order chi connectivity index (χ1) is 7.32. The third kappa shape index (κ3) is 3.31. The quantitative estimate of drug-likeness (QED) is 0.866. The number of carbonyl (C=O) groups excluding carboxylic acids is 1. The predicted octanol–water partition coefficient (Wildman–Crippen LogP) is 1.81. The van der Waals surface area contributed by atoms with Crippen LogP contribution in [0.25, 0.3) is 0 Å². The van der Waals surface area contributed by atoms with E-state index in [1.807, 2.05) is 0 Å². The van der Waals surface area contributed by atoms with Crippen LogP contribution in [-0.2, 0) is 14.6 Å². The van der Waals surface area contributed by atoms with Gasteiger partial charge in [0.25, 0.3) is 0 Å². The number of rotatable bonds is 3. The fourth-order valence-corrected chi connectivity index (χ4v) is 2.08. The number of nitrogens with one attached hydrogen (secondary N) is 1. The van der Waals surface area contributed by atoms with E-state index in [1.165, 1.54) is 6.07 Å². The molecule has 0 saturated carbocycles. The number of halogens is 1. The Balaban J connectivity index is 3.11. The van der Waals surface area contributed by atoms with Crippen LogP contribution in [-0.4, -0.2) is 25.4 Å². The maximum atomic E-state index is 11.4. The fourth-order valence-electron chi connectivity index (χ4n) is 1.13. The van der Waals surface area contributed by atoms with Crippen LogP contribution < -0.4 is 5.32 Å². The second-order valence-corrected chi connectivity index (χ2v) is 6.73. The Labute approximate surface area is 103 Å². The first-order valence-electron chi connectivity index (χ1n) is 4.56. The fraction of sp³-hybridized carbons (Fsp3) is 0.300. The van der Waals surface area contributed by atoms with E-state index >= 15 is 0 Å². The summed E-state index contributed by atoms with van der Waals surface area (Å²) in [4.78, 5) is 11.2. The molecule has 16 heavy (non-hydrogen) atoms. The molecule has 6 heteroatoms. The predicted molar refractivity (Wildman–Crippen MR) is 66.6 cm³/mol. The number of para-hydroxylation sites is 1. The molecule has 1 amide bonds. The van der Waals surface area contributed by atoms with Crippen molar-refractivity contribution in [2.45, 2.75) is 16.6 Å². The summed E-state index contributed by atoms with van der Waals surface area (Å²) in [6.07, 6.45) is 1.11. The lowest BCUT2D eigenvalue weighted by Crippen LogP contribution is -2.21. The van der Waals surface area contributed by atoms with Crippen LogP contribution in [0.5, 0.6) is 0 Å². The normalized spacial score (nSPS) is 13.2. The van der Waals surface area contributed by atoms with Crippen LogP contribution in [0, 0.1) is 0 Å². The number of anilines is 1. The molecule has 0 heterocycles. The molecule has 0 spiro atoms. The monoisotopic (exact) mass is 305 g/mol. The summed E-state index contributed by atoms with van der Waals surface area (Å²) in [6.45, 7) is 1.67. The van der Waals surface area contributed by atoms with Gasteiger partial charge in [0.2, 0.25) is 5.91 Å². The lowest BCUT2D eigenvalue weighted by Gasteiger charge is -2.10. The average molecular weight is 306 g/mol. The molecule has 1 aromatic carbocycles. The minimum Gasteiger partial charge on any atom is -0.324 e. The number of hydrogen-bond donors (Lipinski definition) is 1. The maximum Gasteiger partial charge on any atom is 0.237 e. The number of hydrogen-bond acceptors (Lipinski definition) is 3. The molecule has 0 aliphatic heterocycles. The molecule has 1 rings (SSSR count). The van der Waals surface area contributed by atoms with Gasteiger partial charge in [0.05, 0.1) is 15.4 Å². The second kappa shape index (κ2) is 4.97. The zero-order chi connectivity index (χ0) is 12.3. The van der Waals surface area contributed by atoms with Crippen molar-refractivity contribution < 1.29 is 13.2 Å². The third-order valence-corrected chi connectivity index (χ3v) is 3.48. The van der Waals surface area contributed by atoms with Crippen molar-refractivity contribution in [3.63, 3.8) is 0 Å². The van der Waals surface area contributed by atoms with E-state index in [4.69, 9.17) is 0 Å². The van der Waals surface area contributed by atoms with Crippen molar-refractivity contribution in [3.05, 3.63) is 24.3 Å². The highest BCUT2D eigenvalue weighted by molar-refractivity contribution is 9.10. The van der Waals surface area contributed by atoms with Gasteiger partial charge in [0.1, 0.15) is 0 Å². The van der Waals surface area contributed by atoms with Crippen LogP contribution in [0.15, 0.2) is 29.2 Å². The molecule has 1 N–H and O–H groups in total. The van der Waals surface area contributed by atoms with Crippen LogP contribution in [0.4, 0.5) is 5.69 Å². The Kier molecular flexibility index (Phi) is 4.09. The van der Waals surface area contributed by atoms with Crippen LogP contribution in [0.2, 0.25) is 0 Å². The molecule has 0 fully saturated rings. The lowest BCUT2D eigenvalue weighted by molar-refractivity contribution is -0.115. The van der Waals surface area contributed by atoms with E-state index in [9.17, 15) is 13.2 Å². The van der Waals surface area contributed by atoms with Gasteiger partial charge in [-0.1, -0.05) is 28.1 Å². The number of sulfone groups is 1. The van der Waals surface area contributed by atoms with Crippen LogP contribution >= 0.6 is 15.9 Å². The summed E-state index contributed by atoms with van der Waals surface area (Å²) in [5.74, 6) is -0.281. The summed E-state index contributed by atoms with van der Waals surface area (Å²) in [6, 6.07) is 6.31. The topological polar surface area (TPSA) is 63.2 Å². The summed E-state index contributed by atoms with van der Waals surface area (Å²) in [7, 11) is -3.33. The highest BCUT2D eigenvalue weighted by atomic mass is 79.9. The smallest absolute Gasteiger partial charge is 0.237 e. The van der Waals surface area contributed by atoms with E-state index < -0.39 is 9.84 Å². The molecule has 88 valence electrons. The van der Waals surface area contributed by atoms with Gasteiger partial charge < -0.3 is 5.32 Å². The molecule has 4 nitrogen and oxygen atoms in total. The molecule has 1 unspecified atom stereocenters. The van der Waals surface area contributed by atoms with Gasteiger partial charge >= 0.3 is 0 Å². The van der Waals surface area contributed by atoms with E-state index in [1.54, 1.807) is 25.1 Å². The van der Waals surface area contributed by atoms with E-state index in [2.05, 4.69) is 21.2 Å². The first kappa shape index (κ1) is 13.2. The van der Waals surface area contributed by atoms with Gasteiger partial charge in [0.15, 0.2) is 9.84 Å². The van der Waals surface area contributed by atoms with Gasteiger partial charge in [-0.25, -0.2) is 8.42 Å². The minimum absolute atomic E-state index is 0.122. The minimum atomic E-state index is -3.33. The standard InChI is InChI=1S/C10H12BrNO3S/c1-7(11)10(13)12-8-5-3-4-6-9(8)16(2,14)15/h3-7H,1-2H3,(H,12,13). The molecule has 0 radical (unpaired) electrons. The lowest BCUT2D eigenvalue weighted by atomic mass is 10.3. The van der Waals surface area contributed by atoms with Gasteiger partial charge in [-0.15, -0.1) is 0 Å². The van der Waals surface area contributed by atoms with Crippen molar-refractivity contribution >= 4 is 37.4 Å². The summed E-state index contributed by atoms with van der Waals surface area (Å²) >= 11 is 3.11. The first-order valence-corrected chi connectivity index (χ1v) is 7.37. The van der Waals surface area contributed by atoms with Gasteiger partial charge in [0, 0.05) is 6.26 Å². The average Bonchev–Trinajstić information content (AvgIpc) is 2.16. The Morgan fingerprint density at radius 1 is 1.38 bits per heavy atom. The SMILES string of the molecule is CC(Br)C(=O)Nc1ccccc1S(C)(=O)=O. The van der Waals surface area contributed by atoms with Crippen molar-refractivity contribution in [1.82, 2.24) is 0 Å². The van der Waals surface area contributed by atoms with Crippen molar-refractivity contribution in [2.24, 2.45) is 0 Å². The van der Waals surface area contributed by atoms with Crippen molar-refractivity contribution in [3.8, 4) is 0 Å². The largest absolute Gasteiger partial charge is 0.324 e. The van der Waals surface area contributed by atoms with Crippen molar-refractivity contribution in [1.29, 1.82) is 0 Å². The number of alkyl halides is 1. The second-order valence-electron chi connectivity index (χ2n) is 3.37. The van der Waals surface area contributed by atoms with Crippen molar-refractivity contribution in [2.75, 3.05) is 11.6 Å². The molecule has 0 aromatic heterocycles. The Hall–Kier alpha value is -0.880. The molecule has 0 aliphatic rings. The van der Waals surface area contributed by atoms with Crippen LogP contribution in [0.3, 0.4) is 0 Å². The Bertz CT molecular complexity index is 497. The maximum absolute atomic E-state index is 11.4. The van der Waals surface area contributed by atoms with E-state index in [0.29, 0.717) is 5.69 Å². The summed E-state index contributed by atoms with van der Waals surface area (Å²) in [5, 5.41) is 2.55. The highest BCUT2D eigenvalue weighted by Crippen LogP contribution is 2.21. The number of amides is 1. The van der Waals surface area contributed by atoms with Gasteiger partial charge in [-0.05, 0) is 19.1 Å². The zero-order valence-electron chi connectivity index (χ0n) is 8.90.